The molecule has 2 fully saturated rings. The van der Waals surface area contributed by atoms with E-state index < -0.39 is 0 Å². The molecule has 1 aromatic carbocycles. The molecule has 4 rings (SSSR count). The standard InChI is InChI=1S/C19H27NO/c20-18(12-15-6-2-3-7-16(15)13-18)14-17-8-11-19(21-17)9-4-1-5-10-19/h2-3,6-7,17H,1,4-5,8-14,20H2. The summed E-state index contributed by atoms with van der Waals surface area (Å²) in [5, 5.41) is 0. The van der Waals surface area contributed by atoms with Gasteiger partial charge in [0.15, 0.2) is 0 Å². The molecule has 114 valence electrons. The van der Waals surface area contributed by atoms with Crippen LogP contribution in [0.3, 0.4) is 0 Å². The molecule has 21 heavy (non-hydrogen) atoms. The van der Waals surface area contributed by atoms with Crippen LogP contribution >= 0.6 is 0 Å². The van der Waals surface area contributed by atoms with Crippen LogP contribution in [0.1, 0.15) is 62.5 Å². The van der Waals surface area contributed by atoms with Gasteiger partial charge in [0.25, 0.3) is 0 Å². The zero-order valence-corrected chi connectivity index (χ0v) is 12.9. The summed E-state index contributed by atoms with van der Waals surface area (Å²) in [5.74, 6) is 0. The van der Waals surface area contributed by atoms with Crippen LogP contribution in [0.25, 0.3) is 0 Å². The van der Waals surface area contributed by atoms with Crippen LogP contribution in [-0.2, 0) is 17.6 Å². The highest BCUT2D eigenvalue weighted by molar-refractivity contribution is 5.36. The van der Waals surface area contributed by atoms with E-state index in [-0.39, 0.29) is 11.1 Å². The van der Waals surface area contributed by atoms with Crippen LogP contribution in [-0.4, -0.2) is 17.2 Å². The number of rotatable bonds is 2. The smallest absolute Gasteiger partial charge is 0.0687 e. The quantitative estimate of drug-likeness (QED) is 0.898. The lowest BCUT2D eigenvalue weighted by Gasteiger charge is -2.35. The number of ether oxygens (including phenoxy) is 1. The zero-order chi connectivity index (χ0) is 14.3. The highest BCUT2D eigenvalue weighted by atomic mass is 16.5. The van der Waals surface area contributed by atoms with Gasteiger partial charge in [-0.3, -0.25) is 0 Å². The molecule has 2 N–H and O–H groups in total. The van der Waals surface area contributed by atoms with Crippen LogP contribution in [0.4, 0.5) is 0 Å². The van der Waals surface area contributed by atoms with Gasteiger partial charge in [0.1, 0.15) is 0 Å². The van der Waals surface area contributed by atoms with E-state index in [4.69, 9.17) is 10.5 Å². The van der Waals surface area contributed by atoms with Gasteiger partial charge in [-0.15, -0.1) is 0 Å². The topological polar surface area (TPSA) is 35.2 Å². The van der Waals surface area contributed by atoms with Crippen molar-refractivity contribution in [2.75, 3.05) is 0 Å². The fraction of sp³-hybridized carbons (Fsp3) is 0.684. The summed E-state index contributed by atoms with van der Waals surface area (Å²) in [5.41, 5.74) is 9.78. The Kier molecular flexibility index (Phi) is 3.35. The molecule has 1 heterocycles. The third-order valence-electron chi connectivity index (χ3n) is 5.94. The van der Waals surface area contributed by atoms with Gasteiger partial charge >= 0.3 is 0 Å². The molecule has 1 spiro atoms. The fourth-order valence-electron chi connectivity index (χ4n) is 4.92. The Bertz CT molecular complexity index is 493. The normalized spacial score (nSPS) is 29.7. The van der Waals surface area contributed by atoms with Crippen LogP contribution in [0.5, 0.6) is 0 Å². The third kappa shape index (κ3) is 2.64. The summed E-state index contributed by atoms with van der Waals surface area (Å²) in [6, 6.07) is 8.74. The lowest BCUT2D eigenvalue weighted by Crippen LogP contribution is -2.44. The second kappa shape index (κ2) is 5.10. The van der Waals surface area contributed by atoms with Crippen LogP contribution < -0.4 is 5.73 Å². The van der Waals surface area contributed by atoms with Crippen molar-refractivity contribution in [3.8, 4) is 0 Å². The van der Waals surface area contributed by atoms with Gasteiger partial charge in [-0.05, 0) is 56.1 Å². The molecule has 2 heteroatoms. The van der Waals surface area contributed by atoms with Crippen molar-refractivity contribution < 1.29 is 4.74 Å². The van der Waals surface area contributed by atoms with E-state index in [1.165, 1.54) is 56.1 Å². The SMILES string of the molecule is NC1(CC2CCC3(CCCCC3)O2)Cc2ccccc2C1. The molecule has 0 bridgehead atoms. The third-order valence-corrected chi connectivity index (χ3v) is 5.94. The molecule has 3 aliphatic rings. The molecule has 0 radical (unpaired) electrons. The predicted molar refractivity (Wildman–Crippen MR) is 85.3 cm³/mol. The first-order chi connectivity index (χ1) is 10.2. The summed E-state index contributed by atoms with van der Waals surface area (Å²) in [4.78, 5) is 0. The zero-order valence-electron chi connectivity index (χ0n) is 12.9. The van der Waals surface area contributed by atoms with Crippen molar-refractivity contribution in [2.45, 2.75) is 81.5 Å². The average molecular weight is 285 g/mol. The molecular weight excluding hydrogens is 258 g/mol. The van der Waals surface area contributed by atoms with Gasteiger partial charge in [-0.1, -0.05) is 43.5 Å². The van der Waals surface area contributed by atoms with Crippen molar-refractivity contribution in [1.29, 1.82) is 0 Å². The van der Waals surface area contributed by atoms with Gasteiger partial charge in [0.2, 0.25) is 0 Å². The lowest BCUT2D eigenvalue weighted by atomic mass is 9.82. The Morgan fingerprint density at radius 2 is 1.67 bits per heavy atom. The van der Waals surface area contributed by atoms with Gasteiger partial charge in [0, 0.05) is 5.54 Å². The van der Waals surface area contributed by atoms with E-state index in [1.54, 1.807) is 0 Å². The highest BCUT2D eigenvalue weighted by Gasteiger charge is 2.44. The molecule has 2 aliphatic carbocycles. The maximum Gasteiger partial charge on any atom is 0.0687 e. The number of hydrogen-bond acceptors (Lipinski definition) is 2. The monoisotopic (exact) mass is 285 g/mol. The predicted octanol–water partition coefficient (Wildman–Crippen LogP) is 3.75. The Labute approximate surface area is 128 Å². The maximum absolute atomic E-state index is 6.73. The van der Waals surface area contributed by atoms with Crippen molar-refractivity contribution >= 4 is 0 Å². The van der Waals surface area contributed by atoms with Crippen LogP contribution in [0.15, 0.2) is 24.3 Å². The first kappa shape index (κ1) is 13.8. The molecule has 1 unspecified atom stereocenters. The first-order valence-corrected chi connectivity index (χ1v) is 8.70. The number of nitrogens with two attached hydrogens (primary N) is 1. The Hall–Kier alpha value is -0.860. The summed E-state index contributed by atoms with van der Waals surface area (Å²) < 4.78 is 6.54. The largest absolute Gasteiger partial charge is 0.372 e. The van der Waals surface area contributed by atoms with Crippen molar-refractivity contribution in [3.63, 3.8) is 0 Å². The Balaban J connectivity index is 1.41. The first-order valence-electron chi connectivity index (χ1n) is 8.70. The van der Waals surface area contributed by atoms with E-state index in [2.05, 4.69) is 24.3 Å². The Morgan fingerprint density at radius 1 is 1.00 bits per heavy atom. The van der Waals surface area contributed by atoms with E-state index in [9.17, 15) is 0 Å². The van der Waals surface area contributed by atoms with Gasteiger partial charge < -0.3 is 10.5 Å². The summed E-state index contributed by atoms with van der Waals surface area (Å²) in [6.07, 6.45) is 12.6. The molecule has 1 aliphatic heterocycles. The number of fused-ring (bicyclic) bond motifs is 1. The highest BCUT2D eigenvalue weighted by Crippen LogP contribution is 2.44. The Morgan fingerprint density at radius 3 is 2.33 bits per heavy atom. The minimum absolute atomic E-state index is 0.0749. The van der Waals surface area contributed by atoms with Crippen LogP contribution in [0.2, 0.25) is 0 Å². The average Bonchev–Trinajstić information content (AvgIpc) is 3.00. The molecule has 0 amide bonds. The molecule has 0 aromatic heterocycles. The van der Waals surface area contributed by atoms with E-state index in [0.29, 0.717) is 6.10 Å². The summed E-state index contributed by atoms with van der Waals surface area (Å²) >= 11 is 0. The maximum atomic E-state index is 6.73. The molecule has 1 aromatic rings. The van der Waals surface area contributed by atoms with E-state index in [0.717, 1.165) is 19.3 Å². The van der Waals surface area contributed by atoms with E-state index in [1.807, 2.05) is 0 Å². The molecule has 1 atom stereocenters. The summed E-state index contributed by atoms with van der Waals surface area (Å²) in [6.45, 7) is 0. The molecule has 1 saturated heterocycles. The lowest BCUT2D eigenvalue weighted by molar-refractivity contribution is -0.0709. The van der Waals surface area contributed by atoms with Crippen LogP contribution in [0, 0.1) is 0 Å². The van der Waals surface area contributed by atoms with Gasteiger partial charge in [0.05, 0.1) is 11.7 Å². The summed E-state index contributed by atoms with van der Waals surface area (Å²) in [7, 11) is 0. The fourth-order valence-corrected chi connectivity index (χ4v) is 4.92. The minimum atomic E-state index is -0.0749. The van der Waals surface area contributed by atoms with Crippen molar-refractivity contribution in [2.24, 2.45) is 5.73 Å². The second-order valence-electron chi connectivity index (χ2n) is 7.71. The molecular formula is C19H27NO. The second-order valence-corrected chi connectivity index (χ2v) is 7.71. The van der Waals surface area contributed by atoms with Gasteiger partial charge in [-0.2, -0.15) is 0 Å². The number of hydrogen-bond donors (Lipinski definition) is 1. The number of benzene rings is 1. The van der Waals surface area contributed by atoms with Gasteiger partial charge in [-0.25, -0.2) is 0 Å². The van der Waals surface area contributed by atoms with E-state index >= 15 is 0 Å². The van der Waals surface area contributed by atoms with Crippen molar-refractivity contribution in [1.82, 2.24) is 0 Å². The molecule has 1 saturated carbocycles. The molecule has 2 nitrogen and oxygen atoms in total. The minimum Gasteiger partial charge on any atom is -0.372 e. The van der Waals surface area contributed by atoms with Crippen molar-refractivity contribution in [3.05, 3.63) is 35.4 Å².